The van der Waals surface area contributed by atoms with E-state index in [1.165, 1.54) is 0 Å². The van der Waals surface area contributed by atoms with Gasteiger partial charge < -0.3 is 15.5 Å². The molecule has 110 valence electrons. The smallest absolute Gasteiger partial charge is 0.241 e. The lowest BCUT2D eigenvalue weighted by atomic mass is 10.1. The van der Waals surface area contributed by atoms with Gasteiger partial charge >= 0.3 is 0 Å². The van der Waals surface area contributed by atoms with Crippen molar-refractivity contribution in [2.75, 3.05) is 39.3 Å². The molecule has 3 atom stereocenters. The number of nitrogens with one attached hydrogen (secondary N) is 2. The molecule has 0 saturated carbocycles. The lowest BCUT2D eigenvalue weighted by Gasteiger charge is -2.31. The summed E-state index contributed by atoms with van der Waals surface area (Å²) in [6.07, 6.45) is 1.12. The Morgan fingerprint density at radius 2 is 2.00 bits per heavy atom. The van der Waals surface area contributed by atoms with Crippen LogP contribution in [-0.2, 0) is 4.79 Å². The third kappa shape index (κ3) is 3.46. The Kier molecular flexibility index (Phi) is 5.19. The van der Waals surface area contributed by atoms with Gasteiger partial charge in [0.25, 0.3) is 0 Å². The molecular weight excluding hydrogens is 240 g/mol. The molecule has 2 heterocycles. The number of amides is 1. The van der Waals surface area contributed by atoms with Gasteiger partial charge in [0.2, 0.25) is 5.91 Å². The SMILES string of the molecule is CCN(CC)C1CCN(C(=O)C2CNC(C)CN2)C1. The van der Waals surface area contributed by atoms with E-state index >= 15 is 0 Å². The lowest BCUT2D eigenvalue weighted by molar-refractivity contribution is -0.132. The minimum atomic E-state index is -0.0355. The van der Waals surface area contributed by atoms with Crippen molar-refractivity contribution in [1.29, 1.82) is 0 Å². The molecule has 2 aliphatic rings. The highest BCUT2D eigenvalue weighted by Gasteiger charge is 2.33. The Morgan fingerprint density at radius 3 is 2.58 bits per heavy atom. The molecule has 0 aliphatic carbocycles. The molecule has 0 aromatic rings. The predicted molar refractivity (Wildman–Crippen MR) is 77.2 cm³/mol. The van der Waals surface area contributed by atoms with E-state index in [0.29, 0.717) is 12.1 Å². The van der Waals surface area contributed by atoms with Crippen molar-refractivity contribution >= 4 is 5.91 Å². The number of rotatable bonds is 4. The molecule has 1 amide bonds. The summed E-state index contributed by atoms with van der Waals surface area (Å²) < 4.78 is 0. The monoisotopic (exact) mass is 268 g/mol. The van der Waals surface area contributed by atoms with Crippen LogP contribution in [0.25, 0.3) is 0 Å². The molecule has 0 aromatic carbocycles. The first kappa shape index (κ1) is 14.8. The van der Waals surface area contributed by atoms with Gasteiger partial charge in [-0.15, -0.1) is 0 Å². The normalized spacial score (nSPS) is 32.0. The maximum atomic E-state index is 12.5. The Bertz CT molecular complexity index is 298. The number of likely N-dealkylation sites (N-methyl/N-ethyl adjacent to an activating group) is 1. The summed E-state index contributed by atoms with van der Waals surface area (Å²) in [5.41, 5.74) is 0. The molecule has 0 radical (unpaired) electrons. The molecule has 0 aromatic heterocycles. The third-order valence-electron chi connectivity index (χ3n) is 4.44. The molecule has 0 bridgehead atoms. The minimum absolute atomic E-state index is 0.0355. The van der Waals surface area contributed by atoms with E-state index in [-0.39, 0.29) is 11.9 Å². The number of hydrogen-bond acceptors (Lipinski definition) is 4. The Hall–Kier alpha value is -0.650. The second-order valence-electron chi connectivity index (χ2n) is 5.72. The minimum Gasteiger partial charge on any atom is -0.340 e. The summed E-state index contributed by atoms with van der Waals surface area (Å²) >= 11 is 0. The summed E-state index contributed by atoms with van der Waals surface area (Å²) in [4.78, 5) is 17.0. The van der Waals surface area contributed by atoms with E-state index in [1.807, 2.05) is 4.90 Å². The number of nitrogens with zero attached hydrogens (tertiary/aromatic N) is 2. The zero-order chi connectivity index (χ0) is 13.8. The first-order valence-corrected chi connectivity index (χ1v) is 7.65. The zero-order valence-electron chi connectivity index (χ0n) is 12.5. The van der Waals surface area contributed by atoms with E-state index in [9.17, 15) is 4.79 Å². The van der Waals surface area contributed by atoms with Crippen LogP contribution >= 0.6 is 0 Å². The van der Waals surface area contributed by atoms with Gasteiger partial charge in [0.15, 0.2) is 0 Å². The fourth-order valence-electron chi connectivity index (χ4n) is 3.16. The van der Waals surface area contributed by atoms with Gasteiger partial charge in [-0.2, -0.15) is 0 Å². The summed E-state index contributed by atoms with van der Waals surface area (Å²) in [7, 11) is 0. The Labute approximate surface area is 116 Å². The second-order valence-corrected chi connectivity index (χ2v) is 5.72. The van der Waals surface area contributed by atoms with Crippen LogP contribution in [0.1, 0.15) is 27.2 Å². The van der Waals surface area contributed by atoms with Crippen LogP contribution in [0.5, 0.6) is 0 Å². The van der Waals surface area contributed by atoms with Crippen molar-refractivity contribution in [3.05, 3.63) is 0 Å². The number of carbonyl (C=O) groups is 1. The van der Waals surface area contributed by atoms with Gasteiger partial charge in [0.05, 0.1) is 6.04 Å². The van der Waals surface area contributed by atoms with Gasteiger partial charge in [-0.1, -0.05) is 13.8 Å². The third-order valence-corrected chi connectivity index (χ3v) is 4.44. The molecule has 5 nitrogen and oxygen atoms in total. The molecular formula is C14H28N4O. The Morgan fingerprint density at radius 1 is 1.26 bits per heavy atom. The first-order chi connectivity index (χ1) is 9.15. The van der Waals surface area contributed by atoms with E-state index in [4.69, 9.17) is 0 Å². The van der Waals surface area contributed by atoms with Gasteiger partial charge in [-0.05, 0) is 26.4 Å². The fraction of sp³-hybridized carbons (Fsp3) is 0.929. The summed E-state index contributed by atoms with van der Waals surface area (Å²) in [5.74, 6) is 0.272. The van der Waals surface area contributed by atoms with Crippen LogP contribution in [0.15, 0.2) is 0 Å². The number of hydrogen-bond donors (Lipinski definition) is 2. The molecule has 19 heavy (non-hydrogen) atoms. The lowest BCUT2D eigenvalue weighted by Crippen LogP contribution is -2.59. The van der Waals surface area contributed by atoms with Crippen LogP contribution in [-0.4, -0.2) is 73.1 Å². The number of piperazine rings is 1. The van der Waals surface area contributed by atoms with Crippen molar-refractivity contribution in [2.24, 2.45) is 0 Å². The van der Waals surface area contributed by atoms with Crippen LogP contribution in [0.2, 0.25) is 0 Å². The Balaban J connectivity index is 1.84. The topological polar surface area (TPSA) is 47.6 Å². The standard InChI is InChI=1S/C14H28N4O/c1-4-17(5-2)12-6-7-18(10-12)14(19)13-9-15-11(3)8-16-13/h11-13,15-16H,4-10H2,1-3H3. The van der Waals surface area contributed by atoms with Crippen LogP contribution in [0.4, 0.5) is 0 Å². The molecule has 2 fully saturated rings. The maximum Gasteiger partial charge on any atom is 0.241 e. The largest absolute Gasteiger partial charge is 0.340 e. The maximum absolute atomic E-state index is 12.5. The van der Waals surface area contributed by atoms with Crippen molar-refractivity contribution in [3.63, 3.8) is 0 Å². The average molecular weight is 268 g/mol. The molecule has 2 aliphatic heterocycles. The molecule has 0 spiro atoms. The highest BCUT2D eigenvalue weighted by molar-refractivity contribution is 5.82. The first-order valence-electron chi connectivity index (χ1n) is 7.65. The van der Waals surface area contributed by atoms with Crippen molar-refractivity contribution in [1.82, 2.24) is 20.4 Å². The molecule has 2 rings (SSSR count). The summed E-state index contributed by atoms with van der Waals surface area (Å²) in [5, 5.41) is 6.72. The van der Waals surface area contributed by atoms with Gasteiger partial charge in [-0.3, -0.25) is 9.69 Å². The van der Waals surface area contributed by atoms with Crippen molar-refractivity contribution < 1.29 is 4.79 Å². The molecule has 2 N–H and O–H groups in total. The highest BCUT2D eigenvalue weighted by Crippen LogP contribution is 2.16. The summed E-state index contributed by atoms with van der Waals surface area (Å²) in [6.45, 7) is 12.1. The van der Waals surface area contributed by atoms with E-state index in [0.717, 1.165) is 45.7 Å². The van der Waals surface area contributed by atoms with Gasteiger partial charge in [-0.25, -0.2) is 0 Å². The quantitative estimate of drug-likeness (QED) is 0.746. The fourth-order valence-corrected chi connectivity index (χ4v) is 3.16. The number of likely N-dealkylation sites (tertiary alicyclic amines) is 1. The summed E-state index contributed by atoms with van der Waals surface area (Å²) in [6, 6.07) is 0.979. The van der Waals surface area contributed by atoms with Crippen molar-refractivity contribution in [2.45, 2.75) is 45.3 Å². The van der Waals surface area contributed by atoms with E-state index in [1.54, 1.807) is 0 Å². The van der Waals surface area contributed by atoms with Crippen LogP contribution in [0, 0.1) is 0 Å². The van der Waals surface area contributed by atoms with Gasteiger partial charge in [0, 0.05) is 38.3 Å². The highest BCUT2D eigenvalue weighted by atomic mass is 16.2. The predicted octanol–water partition coefficient (Wildman–Crippen LogP) is -0.121. The van der Waals surface area contributed by atoms with E-state index in [2.05, 4.69) is 36.3 Å². The number of carbonyl (C=O) groups excluding carboxylic acids is 1. The average Bonchev–Trinajstić information content (AvgIpc) is 2.90. The van der Waals surface area contributed by atoms with Crippen LogP contribution < -0.4 is 10.6 Å². The second kappa shape index (κ2) is 6.68. The van der Waals surface area contributed by atoms with E-state index < -0.39 is 0 Å². The van der Waals surface area contributed by atoms with Crippen LogP contribution in [0.3, 0.4) is 0 Å². The van der Waals surface area contributed by atoms with Crippen molar-refractivity contribution in [3.8, 4) is 0 Å². The molecule has 2 saturated heterocycles. The molecule has 3 unspecified atom stereocenters. The van der Waals surface area contributed by atoms with Gasteiger partial charge in [0.1, 0.15) is 0 Å². The zero-order valence-corrected chi connectivity index (χ0v) is 12.5. The molecule has 5 heteroatoms.